The molecule has 1 heterocycles. The largest absolute Gasteiger partial charge is 0.352 e. The first-order valence-corrected chi connectivity index (χ1v) is 7.70. The van der Waals surface area contributed by atoms with Crippen molar-refractivity contribution in [1.29, 1.82) is 0 Å². The Kier molecular flexibility index (Phi) is 5.62. The van der Waals surface area contributed by atoms with E-state index in [-0.39, 0.29) is 24.2 Å². The van der Waals surface area contributed by atoms with Crippen LogP contribution in [0.5, 0.6) is 0 Å². The smallest absolute Gasteiger partial charge is 0.225 e. The molecule has 1 aliphatic rings. The van der Waals surface area contributed by atoms with Crippen molar-refractivity contribution in [3.05, 3.63) is 34.9 Å². The second-order valence-corrected chi connectivity index (χ2v) is 6.00. The number of rotatable bonds is 4. The second-order valence-electron chi connectivity index (χ2n) is 5.56. The van der Waals surface area contributed by atoms with Crippen molar-refractivity contribution in [2.75, 3.05) is 13.6 Å². The average Bonchev–Trinajstić information content (AvgIpc) is 2.61. The minimum atomic E-state index is -0.183. The minimum absolute atomic E-state index is 0.0800. The summed E-state index contributed by atoms with van der Waals surface area (Å²) < 4.78 is 0. The molecule has 0 radical (unpaired) electrons. The SMILES string of the molecule is CN1CCCCC(CC(=O)NCc2cccc(Cl)c2)C1=O. The van der Waals surface area contributed by atoms with Gasteiger partial charge in [0, 0.05) is 37.5 Å². The molecule has 0 spiro atoms. The van der Waals surface area contributed by atoms with Gasteiger partial charge in [0.25, 0.3) is 0 Å². The van der Waals surface area contributed by atoms with Crippen molar-refractivity contribution in [2.45, 2.75) is 32.2 Å². The summed E-state index contributed by atoms with van der Waals surface area (Å²) in [5.41, 5.74) is 0.958. The van der Waals surface area contributed by atoms with E-state index in [2.05, 4.69) is 5.32 Å². The van der Waals surface area contributed by atoms with Crippen LogP contribution in [-0.4, -0.2) is 30.3 Å². The van der Waals surface area contributed by atoms with Gasteiger partial charge in [-0.05, 0) is 30.5 Å². The van der Waals surface area contributed by atoms with Crippen molar-refractivity contribution in [3.8, 4) is 0 Å². The lowest BCUT2D eigenvalue weighted by Crippen LogP contribution is -2.34. The van der Waals surface area contributed by atoms with Gasteiger partial charge in [-0.2, -0.15) is 0 Å². The zero-order valence-corrected chi connectivity index (χ0v) is 13.0. The highest BCUT2D eigenvalue weighted by atomic mass is 35.5. The van der Waals surface area contributed by atoms with Crippen LogP contribution in [0, 0.1) is 5.92 Å². The normalized spacial score (nSPS) is 19.2. The number of benzene rings is 1. The number of carbonyl (C=O) groups is 2. The summed E-state index contributed by atoms with van der Waals surface area (Å²) in [6, 6.07) is 7.39. The van der Waals surface area contributed by atoms with Gasteiger partial charge in [-0.15, -0.1) is 0 Å². The molecule has 5 heteroatoms. The van der Waals surface area contributed by atoms with Crippen LogP contribution in [0.4, 0.5) is 0 Å². The molecule has 2 amide bonds. The van der Waals surface area contributed by atoms with Gasteiger partial charge in [-0.3, -0.25) is 9.59 Å². The van der Waals surface area contributed by atoms with Crippen LogP contribution >= 0.6 is 11.6 Å². The van der Waals surface area contributed by atoms with E-state index >= 15 is 0 Å². The Labute approximate surface area is 130 Å². The Morgan fingerprint density at radius 3 is 3.00 bits per heavy atom. The van der Waals surface area contributed by atoms with Gasteiger partial charge in [0.2, 0.25) is 11.8 Å². The van der Waals surface area contributed by atoms with Crippen LogP contribution in [0.3, 0.4) is 0 Å². The van der Waals surface area contributed by atoms with E-state index in [1.54, 1.807) is 11.0 Å². The van der Waals surface area contributed by atoms with Gasteiger partial charge < -0.3 is 10.2 Å². The van der Waals surface area contributed by atoms with Crippen LogP contribution < -0.4 is 5.32 Å². The van der Waals surface area contributed by atoms with E-state index in [0.29, 0.717) is 11.6 Å². The monoisotopic (exact) mass is 308 g/mol. The minimum Gasteiger partial charge on any atom is -0.352 e. The Hall–Kier alpha value is -1.55. The number of amides is 2. The summed E-state index contributed by atoms with van der Waals surface area (Å²) in [7, 11) is 1.81. The number of nitrogens with one attached hydrogen (secondary N) is 1. The van der Waals surface area contributed by atoms with Crippen LogP contribution in [-0.2, 0) is 16.1 Å². The van der Waals surface area contributed by atoms with Gasteiger partial charge in [-0.25, -0.2) is 0 Å². The highest BCUT2D eigenvalue weighted by Gasteiger charge is 2.26. The summed E-state index contributed by atoms with van der Waals surface area (Å²) in [4.78, 5) is 25.9. The highest BCUT2D eigenvalue weighted by Crippen LogP contribution is 2.20. The molecular weight excluding hydrogens is 288 g/mol. The zero-order chi connectivity index (χ0) is 15.2. The van der Waals surface area contributed by atoms with Gasteiger partial charge in [0.15, 0.2) is 0 Å². The number of carbonyl (C=O) groups excluding carboxylic acids is 2. The molecule has 0 aliphatic carbocycles. The third-order valence-corrected chi connectivity index (χ3v) is 4.07. The lowest BCUT2D eigenvalue weighted by Gasteiger charge is -2.19. The third kappa shape index (κ3) is 4.74. The zero-order valence-electron chi connectivity index (χ0n) is 12.3. The standard InChI is InChI=1S/C16H21ClN2O2/c1-19-8-3-2-6-13(16(19)21)10-15(20)18-11-12-5-4-7-14(17)9-12/h4-5,7,9,13H,2-3,6,8,10-11H2,1H3,(H,18,20). The molecule has 1 aromatic carbocycles. The van der Waals surface area contributed by atoms with Crippen LogP contribution in [0.1, 0.15) is 31.2 Å². The fourth-order valence-electron chi connectivity index (χ4n) is 2.62. The highest BCUT2D eigenvalue weighted by molar-refractivity contribution is 6.30. The van der Waals surface area contributed by atoms with Crippen molar-refractivity contribution >= 4 is 23.4 Å². The lowest BCUT2D eigenvalue weighted by molar-refractivity contribution is -0.136. The fourth-order valence-corrected chi connectivity index (χ4v) is 2.83. The third-order valence-electron chi connectivity index (χ3n) is 3.83. The molecule has 2 rings (SSSR count). The summed E-state index contributed by atoms with van der Waals surface area (Å²) in [5, 5.41) is 3.52. The van der Waals surface area contributed by atoms with Crippen molar-refractivity contribution in [2.24, 2.45) is 5.92 Å². The molecule has 1 unspecified atom stereocenters. The molecule has 0 bridgehead atoms. The molecule has 1 aliphatic heterocycles. The predicted molar refractivity (Wildman–Crippen MR) is 82.9 cm³/mol. The first-order chi connectivity index (χ1) is 10.1. The summed E-state index contributed by atoms with van der Waals surface area (Å²) in [6.45, 7) is 1.23. The first kappa shape index (κ1) is 15.8. The molecule has 1 fully saturated rings. The van der Waals surface area contributed by atoms with Gasteiger partial charge >= 0.3 is 0 Å². The van der Waals surface area contributed by atoms with Crippen LogP contribution in [0.15, 0.2) is 24.3 Å². The topological polar surface area (TPSA) is 49.4 Å². The second kappa shape index (κ2) is 7.46. The molecular formula is C16H21ClN2O2. The molecule has 1 atom stereocenters. The van der Waals surface area contributed by atoms with E-state index in [4.69, 9.17) is 11.6 Å². The molecule has 1 N–H and O–H groups in total. The molecule has 114 valence electrons. The van der Waals surface area contributed by atoms with Crippen LogP contribution in [0.2, 0.25) is 5.02 Å². The Morgan fingerprint density at radius 2 is 2.24 bits per heavy atom. The lowest BCUT2D eigenvalue weighted by atomic mass is 9.98. The first-order valence-electron chi connectivity index (χ1n) is 7.32. The maximum atomic E-state index is 12.1. The molecule has 21 heavy (non-hydrogen) atoms. The van der Waals surface area contributed by atoms with Crippen molar-refractivity contribution in [3.63, 3.8) is 0 Å². The molecule has 0 aromatic heterocycles. The number of likely N-dealkylation sites (tertiary alicyclic amines) is 1. The molecule has 0 saturated carbocycles. The van der Waals surface area contributed by atoms with E-state index in [9.17, 15) is 9.59 Å². The van der Waals surface area contributed by atoms with Gasteiger partial charge in [0.1, 0.15) is 0 Å². The predicted octanol–water partition coefficient (Wildman–Crippen LogP) is 2.60. The van der Waals surface area contributed by atoms with E-state index in [1.807, 2.05) is 25.2 Å². The van der Waals surface area contributed by atoms with Crippen molar-refractivity contribution < 1.29 is 9.59 Å². The quantitative estimate of drug-likeness (QED) is 0.929. The number of nitrogens with zero attached hydrogens (tertiary/aromatic N) is 1. The van der Waals surface area contributed by atoms with Gasteiger partial charge in [-0.1, -0.05) is 30.2 Å². The van der Waals surface area contributed by atoms with Gasteiger partial charge in [0.05, 0.1) is 0 Å². The van der Waals surface area contributed by atoms with Crippen LogP contribution in [0.25, 0.3) is 0 Å². The summed E-state index contributed by atoms with van der Waals surface area (Å²) >= 11 is 5.91. The van der Waals surface area contributed by atoms with E-state index in [0.717, 1.165) is 31.4 Å². The Balaban J connectivity index is 1.85. The maximum Gasteiger partial charge on any atom is 0.225 e. The Bertz CT molecular complexity index is 519. The maximum absolute atomic E-state index is 12.1. The summed E-state index contributed by atoms with van der Waals surface area (Å²) in [6.07, 6.45) is 3.09. The molecule has 1 saturated heterocycles. The number of hydrogen-bond acceptors (Lipinski definition) is 2. The number of hydrogen-bond donors (Lipinski definition) is 1. The molecule has 1 aromatic rings. The van der Waals surface area contributed by atoms with Crippen molar-refractivity contribution in [1.82, 2.24) is 10.2 Å². The average molecular weight is 309 g/mol. The molecule has 4 nitrogen and oxygen atoms in total. The number of halogens is 1. The fraction of sp³-hybridized carbons (Fsp3) is 0.500. The van der Waals surface area contributed by atoms with E-state index < -0.39 is 0 Å². The van der Waals surface area contributed by atoms with E-state index in [1.165, 1.54) is 0 Å². The Morgan fingerprint density at radius 1 is 1.43 bits per heavy atom. The summed E-state index contributed by atoms with van der Waals surface area (Å²) in [5.74, 6) is -0.175.